The molecule has 0 bridgehead atoms. The number of hydrogen-bond acceptors (Lipinski definition) is 3. The van der Waals surface area contributed by atoms with Gasteiger partial charge in [0.25, 0.3) is 5.91 Å². The summed E-state index contributed by atoms with van der Waals surface area (Å²) in [6, 6.07) is 3.37. The van der Waals surface area contributed by atoms with Crippen LogP contribution < -0.4 is 10.5 Å². The number of H-pyrrole nitrogens is 1. The first kappa shape index (κ1) is 8.55. The van der Waals surface area contributed by atoms with Crippen LogP contribution in [-0.4, -0.2) is 23.0 Å². The third-order valence-electron chi connectivity index (χ3n) is 1.94. The zero-order chi connectivity index (χ0) is 10.1. The Labute approximate surface area is 79.9 Å². The summed E-state index contributed by atoms with van der Waals surface area (Å²) in [5.41, 5.74) is 6.90. The Kier molecular flexibility index (Phi) is 1.85. The lowest BCUT2D eigenvalue weighted by atomic mass is 10.3. The van der Waals surface area contributed by atoms with Gasteiger partial charge >= 0.3 is 0 Å². The molecule has 0 atom stereocenters. The van der Waals surface area contributed by atoms with Crippen molar-refractivity contribution < 1.29 is 9.53 Å². The number of amides is 1. The maximum absolute atomic E-state index is 10.9. The number of nitrogens with two attached hydrogens (primary N) is 1. The average molecular weight is 191 g/mol. The maximum Gasteiger partial charge on any atom is 0.265 e. The highest BCUT2D eigenvalue weighted by atomic mass is 16.5. The van der Waals surface area contributed by atoms with E-state index in [1.54, 1.807) is 25.4 Å². The minimum absolute atomic E-state index is 0.348. The molecule has 2 heterocycles. The first-order valence-corrected chi connectivity index (χ1v) is 4.03. The van der Waals surface area contributed by atoms with E-state index in [-0.39, 0.29) is 0 Å². The highest BCUT2D eigenvalue weighted by Crippen LogP contribution is 2.17. The zero-order valence-corrected chi connectivity index (χ0v) is 7.57. The Bertz CT molecular complexity index is 490. The Morgan fingerprint density at radius 1 is 1.57 bits per heavy atom. The number of ether oxygens (including phenoxy) is 1. The van der Waals surface area contributed by atoms with Gasteiger partial charge < -0.3 is 15.5 Å². The SMILES string of the molecule is COc1cnc2cc(C(N)=O)[nH]c2c1. The largest absolute Gasteiger partial charge is 0.495 e. The van der Waals surface area contributed by atoms with Gasteiger partial charge in [0.1, 0.15) is 11.4 Å². The average Bonchev–Trinajstić information content (AvgIpc) is 2.59. The van der Waals surface area contributed by atoms with Crippen LogP contribution >= 0.6 is 0 Å². The number of methoxy groups -OCH3 is 1. The molecule has 0 spiro atoms. The van der Waals surface area contributed by atoms with Crippen LogP contribution in [0, 0.1) is 0 Å². The van der Waals surface area contributed by atoms with Crippen LogP contribution in [-0.2, 0) is 0 Å². The fourth-order valence-electron chi connectivity index (χ4n) is 1.23. The van der Waals surface area contributed by atoms with Gasteiger partial charge in [-0.2, -0.15) is 0 Å². The standard InChI is InChI=1S/C9H9N3O2/c1-14-5-2-7-6(11-4-5)3-8(12-7)9(10)13/h2-4,12H,1H3,(H2,10,13). The smallest absolute Gasteiger partial charge is 0.265 e. The first-order valence-electron chi connectivity index (χ1n) is 4.03. The third-order valence-corrected chi connectivity index (χ3v) is 1.94. The van der Waals surface area contributed by atoms with Gasteiger partial charge in [0.05, 0.1) is 24.3 Å². The number of rotatable bonds is 2. The van der Waals surface area contributed by atoms with Gasteiger partial charge in [-0.3, -0.25) is 9.78 Å². The Morgan fingerprint density at radius 3 is 3.00 bits per heavy atom. The molecule has 2 aromatic rings. The second kappa shape index (κ2) is 3.02. The van der Waals surface area contributed by atoms with E-state index in [4.69, 9.17) is 10.5 Å². The number of nitrogens with zero attached hydrogens (tertiary/aromatic N) is 1. The Balaban J connectivity index is 2.60. The molecule has 2 aromatic heterocycles. The van der Waals surface area contributed by atoms with Gasteiger partial charge in [0, 0.05) is 6.07 Å². The molecule has 72 valence electrons. The number of nitrogens with one attached hydrogen (secondary N) is 1. The van der Waals surface area contributed by atoms with E-state index >= 15 is 0 Å². The van der Waals surface area contributed by atoms with Crippen molar-refractivity contribution in [2.75, 3.05) is 7.11 Å². The zero-order valence-electron chi connectivity index (χ0n) is 7.57. The van der Waals surface area contributed by atoms with Crippen LogP contribution in [0.4, 0.5) is 0 Å². The lowest BCUT2D eigenvalue weighted by molar-refractivity contribution is 0.0996. The molecule has 0 aliphatic carbocycles. The van der Waals surface area contributed by atoms with Crippen LogP contribution in [0.25, 0.3) is 11.0 Å². The summed E-state index contributed by atoms with van der Waals surface area (Å²) >= 11 is 0. The number of carbonyl (C=O) groups is 1. The number of primary amides is 1. The molecule has 0 aromatic carbocycles. The quantitative estimate of drug-likeness (QED) is 0.732. The van der Waals surface area contributed by atoms with E-state index in [0.29, 0.717) is 17.0 Å². The highest BCUT2D eigenvalue weighted by molar-refractivity contribution is 5.96. The van der Waals surface area contributed by atoms with E-state index in [9.17, 15) is 4.79 Å². The third kappa shape index (κ3) is 1.28. The van der Waals surface area contributed by atoms with E-state index < -0.39 is 5.91 Å². The molecule has 3 N–H and O–H groups in total. The summed E-state index contributed by atoms with van der Waals surface area (Å²) < 4.78 is 4.99. The number of aromatic amines is 1. The normalized spacial score (nSPS) is 10.4. The molecule has 0 saturated heterocycles. The summed E-state index contributed by atoms with van der Waals surface area (Å²) in [6.07, 6.45) is 1.58. The van der Waals surface area contributed by atoms with E-state index in [2.05, 4.69) is 9.97 Å². The van der Waals surface area contributed by atoms with Gasteiger partial charge in [0.2, 0.25) is 0 Å². The van der Waals surface area contributed by atoms with Crippen molar-refractivity contribution in [2.24, 2.45) is 5.73 Å². The van der Waals surface area contributed by atoms with Crippen molar-refractivity contribution in [1.82, 2.24) is 9.97 Å². The van der Waals surface area contributed by atoms with Crippen LogP contribution in [0.3, 0.4) is 0 Å². The van der Waals surface area contributed by atoms with Crippen LogP contribution in [0.1, 0.15) is 10.5 Å². The highest BCUT2D eigenvalue weighted by Gasteiger charge is 2.06. The van der Waals surface area contributed by atoms with Crippen LogP contribution in [0.5, 0.6) is 5.75 Å². The van der Waals surface area contributed by atoms with Crippen molar-refractivity contribution in [3.63, 3.8) is 0 Å². The van der Waals surface area contributed by atoms with Crippen molar-refractivity contribution in [3.8, 4) is 5.75 Å². The second-order valence-electron chi connectivity index (χ2n) is 2.86. The molecule has 2 rings (SSSR count). The lowest BCUT2D eigenvalue weighted by Crippen LogP contribution is -2.10. The molecule has 0 aliphatic heterocycles. The molecule has 1 amide bonds. The molecular weight excluding hydrogens is 182 g/mol. The first-order chi connectivity index (χ1) is 6.70. The fourth-order valence-corrected chi connectivity index (χ4v) is 1.23. The summed E-state index contributed by atoms with van der Waals surface area (Å²) in [5.74, 6) is 0.136. The van der Waals surface area contributed by atoms with Crippen molar-refractivity contribution in [3.05, 3.63) is 24.0 Å². The summed E-state index contributed by atoms with van der Waals surface area (Å²) in [7, 11) is 1.56. The maximum atomic E-state index is 10.9. The van der Waals surface area contributed by atoms with Crippen molar-refractivity contribution in [2.45, 2.75) is 0 Å². The number of carbonyl (C=O) groups excluding carboxylic acids is 1. The second-order valence-corrected chi connectivity index (χ2v) is 2.86. The van der Waals surface area contributed by atoms with Gasteiger partial charge in [-0.25, -0.2) is 0 Å². The topological polar surface area (TPSA) is 81.0 Å². The van der Waals surface area contributed by atoms with E-state index in [0.717, 1.165) is 5.52 Å². The Morgan fingerprint density at radius 2 is 2.36 bits per heavy atom. The van der Waals surface area contributed by atoms with Gasteiger partial charge in [-0.1, -0.05) is 0 Å². The van der Waals surface area contributed by atoms with Crippen LogP contribution in [0.2, 0.25) is 0 Å². The molecular formula is C9H9N3O2. The lowest BCUT2D eigenvalue weighted by Gasteiger charge is -1.96. The van der Waals surface area contributed by atoms with Gasteiger partial charge in [-0.05, 0) is 6.07 Å². The van der Waals surface area contributed by atoms with Crippen molar-refractivity contribution >= 4 is 16.9 Å². The molecule has 5 nitrogen and oxygen atoms in total. The van der Waals surface area contributed by atoms with Crippen LogP contribution in [0.15, 0.2) is 18.3 Å². The minimum atomic E-state index is -0.498. The van der Waals surface area contributed by atoms with Crippen molar-refractivity contribution in [1.29, 1.82) is 0 Å². The fraction of sp³-hybridized carbons (Fsp3) is 0.111. The summed E-state index contributed by atoms with van der Waals surface area (Å²) in [5, 5.41) is 0. The van der Waals surface area contributed by atoms with Gasteiger partial charge in [-0.15, -0.1) is 0 Å². The predicted octanol–water partition coefficient (Wildman–Crippen LogP) is 0.670. The molecule has 14 heavy (non-hydrogen) atoms. The number of hydrogen-bond donors (Lipinski definition) is 2. The predicted molar refractivity (Wildman–Crippen MR) is 51.2 cm³/mol. The Hall–Kier alpha value is -2.04. The molecule has 0 radical (unpaired) electrons. The van der Waals surface area contributed by atoms with E-state index in [1.165, 1.54) is 0 Å². The number of aromatic nitrogens is 2. The molecule has 0 unspecified atom stereocenters. The molecule has 0 fully saturated rings. The molecule has 0 aliphatic rings. The molecule has 0 saturated carbocycles. The van der Waals surface area contributed by atoms with E-state index in [1.807, 2.05) is 0 Å². The minimum Gasteiger partial charge on any atom is -0.495 e. The monoisotopic (exact) mass is 191 g/mol. The number of fused-ring (bicyclic) bond motifs is 1. The summed E-state index contributed by atoms with van der Waals surface area (Å²) in [6.45, 7) is 0. The summed E-state index contributed by atoms with van der Waals surface area (Å²) in [4.78, 5) is 17.8. The number of pyridine rings is 1. The molecule has 5 heteroatoms. The van der Waals surface area contributed by atoms with Gasteiger partial charge in [0.15, 0.2) is 0 Å².